The zero-order chi connectivity index (χ0) is 32.5. The zero-order valence-electron chi connectivity index (χ0n) is 25.8. The molecule has 0 saturated heterocycles. The molecule has 47 heavy (non-hydrogen) atoms. The largest absolute Gasteiger partial charge is 0.497 e. The average molecular weight is 661 g/mol. The lowest BCUT2D eigenvalue weighted by Gasteiger charge is -2.35. The van der Waals surface area contributed by atoms with Gasteiger partial charge in [-0.15, -0.1) is 0 Å². The molecule has 2 aliphatic heterocycles. The minimum atomic E-state index is -1.22. The van der Waals surface area contributed by atoms with Crippen LogP contribution in [0.15, 0.2) is 144 Å². The van der Waals surface area contributed by atoms with Gasteiger partial charge >= 0.3 is 0 Å². The van der Waals surface area contributed by atoms with E-state index >= 15 is 4.79 Å². The third-order valence-electron chi connectivity index (χ3n) is 8.99. The first-order valence-electron chi connectivity index (χ1n) is 15.3. The summed E-state index contributed by atoms with van der Waals surface area (Å²) >= 11 is 12.6. The molecule has 0 amide bonds. The van der Waals surface area contributed by atoms with E-state index in [9.17, 15) is 0 Å². The number of ketones is 1. The number of nitrogens with zero attached hydrogens (tertiary/aromatic N) is 3. The molecule has 0 bridgehead atoms. The lowest BCUT2D eigenvalue weighted by molar-refractivity contribution is -0.132. The number of Topliss-reactive ketones (excluding diaryl/α,β-unsaturated/α-hetero) is 1. The van der Waals surface area contributed by atoms with Gasteiger partial charge in [0.05, 0.1) is 30.5 Å². The third kappa shape index (κ3) is 5.58. The summed E-state index contributed by atoms with van der Waals surface area (Å²) in [5.74, 6) is -0.0946. The van der Waals surface area contributed by atoms with Gasteiger partial charge in [-0.2, -0.15) is 5.10 Å². The summed E-state index contributed by atoms with van der Waals surface area (Å²) in [6, 6.07) is 41.8. The summed E-state index contributed by atoms with van der Waals surface area (Å²) in [7, 11) is 1.64. The van der Waals surface area contributed by atoms with Crippen LogP contribution in [0.5, 0.6) is 5.75 Å². The fraction of sp³-hybridized carbons (Fsp3) is 0.154. The predicted molar refractivity (Wildman–Crippen MR) is 188 cm³/mol. The molecule has 2 heterocycles. The van der Waals surface area contributed by atoms with Crippen molar-refractivity contribution in [2.45, 2.75) is 19.1 Å². The molecule has 8 heteroatoms. The van der Waals surface area contributed by atoms with Crippen molar-refractivity contribution in [2.75, 3.05) is 12.1 Å². The standard InChI is InChI=1S/C39H31Cl2N3O3/c1-39(36(27-15-21-30(41)22-16-27)43-47-38(39)28-9-5-3-6-10-28)37(45)33-34(25-13-19-29(40)20-14-25)42-44(31-11-7-4-8-12-31)35(33)26-17-23-32(46-2)24-18-26/h3-24,33,35,38H,1-2H3. The Morgan fingerprint density at radius 2 is 1.32 bits per heavy atom. The lowest BCUT2D eigenvalue weighted by Crippen LogP contribution is -2.47. The highest BCUT2D eigenvalue weighted by atomic mass is 35.5. The molecule has 234 valence electrons. The van der Waals surface area contributed by atoms with Gasteiger partial charge in [-0.1, -0.05) is 113 Å². The second-order valence-electron chi connectivity index (χ2n) is 11.8. The van der Waals surface area contributed by atoms with Crippen molar-refractivity contribution in [3.63, 3.8) is 0 Å². The summed E-state index contributed by atoms with van der Waals surface area (Å²) in [5, 5.41) is 13.0. The maximum Gasteiger partial charge on any atom is 0.170 e. The quantitative estimate of drug-likeness (QED) is 0.166. The van der Waals surface area contributed by atoms with Gasteiger partial charge in [-0.25, -0.2) is 0 Å². The molecular formula is C39H31Cl2N3O3. The Kier molecular flexibility index (Phi) is 8.31. The van der Waals surface area contributed by atoms with Crippen molar-refractivity contribution in [3.05, 3.63) is 166 Å². The third-order valence-corrected chi connectivity index (χ3v) is 9.49. The first kappa shape index (κ1) is 30.7. The van der Waals surface area contributed by atoms with E-state index in [0.717, 1.165) is 33.7 Å². The number of hydrogen-bond donors (Lipinski definition) is 0. The van der Waals surface area contributed by atoms with Crippen LogP contribution in [-0.2, 0) is 9.63 Å². The minimum absolute atomic E-state index is 0.0782. The van der Waals surface area contributed by atoms with Crippen LogP contribution in [0.4, 0.5) is 5.69 Å². The Hall–Kier alpha value is -4.91. The van der Waals surface area contributed by atoms with Gasteiger partial charge in [0.2, 0.25) is 0 Å². The summed E-state index contributed by atoms with van der Waals surface area (Å²) < 4.78 is 5.49. The van der Waals surface area contributed by atoms with Crippen LogP contribution in [0.1, 0.15) is 41.3 Å². The van der Waals surface area contributed by atoms with Gasteiger partial charge in [-0.3, -0.25) is 9.80 Å². The molecule has 0 aromatic heterocycles. The first-order valence-corrected chi connectivity index (χ1v) is 16.1. The van der Waals surface area contributed by atoms with E-state index < -0.39 is 23.5 Å². The number of rotatable bonds is 8. The van der Waals surface area contributed by atoms with Crippen molar-refractivity contribution >= 4 is 46.1 Å². The van der Waals surface area contributed by atoms with E-state index in [0.29, 0.717) is 21.5 Å². The van der Waals surface area contributed by atoms with Crippen LogP contribution in [0, 0.1) is 11.3 Å². The molecular weight excluding hydrogens is 629 g/mol. The zero-order valence-corrected chi connectivity index (χ0v) is 27.3. The van der Waals surface area contributed by atoms with E-state index in [2.05, 4.69) is 5.16 Å². The molecule has 0 fully saturated rings. The Labute approximate surface area is 283 Å². The van der Waals surface area contributed by atoms with Gasteiger partial charge in [0, 0.05) is 15.6 Å². The molecule has 5 aromatic carbocycles. The van der Waals surface area contributed by atoms with E-state index in [1.807, 2.05) is 133 Å². The number of carbonyl (C=O) groups is 1. The predicted octanol–water partition coefficient (Wildman–Crippen LogP) is 9.33. The van der Waals surface area contributed by atoms with E-state index in [-0.39, 0.29) is 5.78 Å². The second-order valence-corrected chi connectivity index (χ2v) is 12.7. The molecule has 6 nitrogen and oxygen atoms in total. The van der Waals surface area contributed by atoms with Crippen LogP contribution in [0.2, 0.25) is 10.0 Å². The number of hydrazone groups is 1. The van der Waals surface area contributed by atoms with Crippen LogP contribution >= 0.6 is 23.2 Å². The second kappa shape index (κ2) is 12.7. The van der Waals surface area contributed by atoms with Crippen LogP contribution in [0.25, 0.3) is 0 Å². The lowest BCUT2D eigenvalue weighted by atomic mass is 9.65. The number of halogens is 2. The van der Waals surface area contributed by atoms with Gasteiger partial charge in [0.25, 0.3) is 0 Å². The molecule has 2 aliphatic rings. The van der Waals surface area contributed by atoms with Crippen molar-refractivity contribution < 1.29 is 14.4 Å². The summed E-state index contributed by atoms with van der Waals surface area (Å²) in [5.41, 5.74) is 4.12. The van der Waals surface area contributed by atoms with Gasteiger partial charge in [0.15, 0.2) is 11.9 Å². The molecule has 0 saturated carbocycles. The molecule has 0 N–H and O–H groups in total. The molecule has 0 radical (unpaired) electrons. The number of methoxy groups -OCH3 is 1. The number of anilines is 1. The van der Waals surface area contributed by atoms with E-state index in [4.69, 9.17) is 37.9 Å². The Morgan fingerprint density at radius 1 is 0.745 bits per heavy atom. The number of para-hydroxylation sites is 1. The van der Waals surface area contributed by atoms with Crippen molar-refractivity contribution in [1.82, 2.24) is 0 Å². The summed E-state index contributed by atoms with van der Waals surface area (Å²) in [6.07, 6.45) is -0.685. The van der Waals surface area contributed by atoms with Crippen LogP contribution in [-0.4, -0.2) is 24.3 Å². The molecule has 5 aromatic rings. The SMILES string of the molecule is COc1ccc(C2C(C(=O)C3(C)C(c4ccc(Cl)cc4)=NOC3c3ccccc3)C(c3ccc(Cl)cc3)=NN2c2ccccc2)cc1. The smallest absolute Gasteiger partial charge is 0.170 e. The van der Waals surface area contributed by atoms with E-state index in [1.54, 1.807) is 19.2 Å². The minimum Gasteiger partial charge on any atom is -0.497 e. The fourth-order valence-corrected chi connectivity index (χ4v) is 6.82. The van der Waals surface area contributed by atoms with Gasteiger partial charge in [0.1, 0.15) is 16.9 Å². The highest BCUT2D eigenvalue weighted by molar-refractivity contribution is 6.31. The Bertz CT molecular complexity index is 1950. The highest BCUT2D eigenvalue weighted by Crippen LogP contribution is 2.51. The summed E-state index contributed by atoms with van der Waals surface area (Å²) in [6.45, 7) is 1.93. The number of oxime groups is 1. The molecule has 7 rings (SSSR count). The van der Waals surface area contributed by atoms with E-state index in [1.165, 1.54) is 0 Å². The first-order chi connectivity index (χ1) is 22.9. The molecule has 0 spiro atoms. The topological polar surface area (TPSA) is 63.5 Å². The number of carbonyl (C=O) groups excluding carboxylic acids is 1. The molecule has 4 atom stereocenters. The van der Waals surface area contributed by atoms with Crippen LogP contribution in [0.3, 0.4) is 0 Å². The average Bonchev–Trinajstić information content (AvgIpc) is 3.69. The monoisotopic (exact) mass is 659 g/mol. The van der Waals surface area contributed by atoms with Crippen molar-refractivity contribution in [2.24, 2.45) is 21.6 Å². The maximum atomic E-state index is 15.8. The van der Waals surface area contributed by atoms with Crippen molar-refractivity contribution in [3.8, 4) is 5.75 Å². The maximum absolute atomic E-state index is 15.8. The Morgan fingerprint density at radius 3 is 1.91 bits per heavy atom. The summed E-state index contributed by atoms with van der Waals surface area (Å²) in [4.78, 5) is 22.0. The van der Waals surface area contributed by atoms with Gasteiger partial charge < -0.3 is 9.57 Å². The Balaban J connectivity index is 1.44. The number of hydrogen-bond acceptors (Lipinski definition) is 6. The normalized spacial score (nSPS) is 22.0. The van der Waals surface area contributed by atoms with Crippen LogP contribution < -0.4 is 9.75 Å². The molecule has 0 aliphatic carbocycles. The van der Waals surface area contributed by atoms with Gasteiger partial charge in [-0.05, 0) is 72.1 Å². The highest BCUT2D eigenvalue weighted by Gasteiger charge is 2.58. The fourth-order valence-electron chi connectivity index (χ4n) is 6.57. The number of benzene rings is 5. The van der Waals surface area contributed by atoms with Crippen molar-refractivity contribution in [1.29, 1.82) is 0 Å². The number of ether oxygens (including phenoxy) is 1. The molecule has 4 unspecified atom stereocenters.